The molecule has 0 N–H and O–H groups in total. The van der Waals surface area contributed by atoms with Crippen molar-refractivity contribution >= 4 is 22.8 Å². The normalized spacial score (nSPS) is 10.5. The predicted molar refractivity (Wildman–Crippen MR) is 87.2 cm³/mol. The van der Waals surface area contributed by atoms with E-state index in [0.29, 0.717) is 5.75 Å². The van der Waals surface area contributed by atoms with Crippen LogP contribution in [0.5, 0.6) is 0 Å². The summed E-state index contributed by atoms with van der Waals surface area (Å²) in [4.78, 5) is 8.69. The van der Waals surface area contributed by atoms with Gasteiger partial charge >= 0.3 is 0 Å². The highest BCUT2D eigenvalue weighted by molar-refractivity contribution is 7.99. The zero-order valence-corrected chi connectivity index (χ0v) is 12.9. The lowest BCUT2D eigenvalue weighted by Gasteiger charge is -2.03. The van der Waals surface area contributed by atoms with Gasteiger partial charge in [0, 0.05) is 18.3 Å². The van der Waals surface area contributed by atoms with E-state index in [9.17, 15) is 4.39 Å². The number of pyridine rings is 1. The highest BCUT2D eigenvalue weighted by Gasteiger charge is 2.08. The van der Waals surface area contributed by atoms with Gasteiger partial charge in [0.1, 0.15) is 11.3 Å². The van der Waals surface area contributed by atoms with Gasteiger partial charge < -0.3 is 4.57 Å². The number of imidazole rings is 1. The number of hydrogen-bond acceptors (Lipinski definition) is 3. The standard InChI is InChI=1S/C17H14FN3S/c1-2-21-16-9-10-19-12-15(16)20-17(21)22-11-3-4-13-5-7-14(18)8-6-13/h5-10,12H,2,11H2,1H3. The average Bonchev–Trinajstić information content (AvgIpc) is 2.90. The van der Waals surface area contributed by atoms with E-state index in [1.54, 1.807) is 36.3 Å². The van der Waals surface area contributed by atoms with E-state index in [4.69, 9.17) is 0 Å². The Labute approximate surface area is 132 Å². The SMILES string of the molecule is CCn1c(SCC#Cc2ccc(F)cc2)nc2cnccc21. The highest BCUT2D eigenvalue weighted by atomic mass is 32.2. The first-order valence-electron chi connectivity index (χ1n) is 6.95. The summed E-state index contributed by atoms with van der Waals surface area (Å²) in [6.07, 6.45) is 3.55. The van der Waals surface area contributed by atoms with E-state index in [-0.39, 0.29) is 5.82 Å². The third-order valence-electron chi connectivity index (χ3n) is 3.18. The lowest BCUT2D eigenvalue weighted by atomic mass is 10.2. The third-order valence-corrected chi connectivity index (χ3v) is 4.04. The summed E-state index contributed by atoms with van der Waals surface area (Å²) in [5.74, 6) is 6.50. The quantitative estimate of drug-likeness (QED) is 0.545. The van der Waals surface area contributed by atoms with E-state index in [2.05, 4.69) is 33.3 Å². The number of fused-ring (bicyclic) bond motifs is 1. The van der Waals surface area contributed by atoms with Crippen LogP contribution in [0.3, 0.4) is 0 Å². The van der Waals surface area contributed by atoms with Gasteiger partial charge in [0.25, 0.3) is 0 Å². The molecule has 22 heavy (non-hydrogen) atoms. The lowest BCUT2D eigenvalue weighted by molar-refractivity contribution is 0.627. The molecule has 3 nitrogen and oxygen atoms in total. The zero-order chi connectivity index (χ0) is 15.4. The van der Waals surface area contributed by atoms with Gasteiger partial charge in [-0.2, -0.15) is 0 Å². The molecule has 0 saturated heterocycles. The van der Waals surface area contributed by atoms with Gasteiger partial charge in [-0.3, -0.25) is 4.98 Å². The Morgan fingerprint density at radius 2 is 2.05 bits per heavy atom. The number of rotatable bonds is 3. The van der Waals surface area contributed by atoms with Gasteiger partial charge in [-0.1, -0.05) is 23.6 Å². The van der Waals surface area contributed by atoms with Crippen LogP contribution >= 0.6 is 11.8 Å². The Hall–Kier alpha value is -2.32. The molecule has 0 fully saturated rings. The van der Waals surface area contributed by atoms with E-state index in [0.717, 1.165) is 28.3 Å². The molecule has 0 spiro atoms. The lowest BCUT2D eigenvalue weighted by Crippen LogP contribution is -1.96. The average molecular weight is 311 g/mol. The number of halogens is 1. The third kappa shape index (κ3) is 3.12. The fourth-order valence-electron chi connectivity index (χ4n) is 2.15. The van der Waals surface area contributed by atoms with Crippen LogP contribution in [-0.2, 0) is 6.54 Å². The molecule has 3 rings (SSSR count). The molecule has 1 aromatic carbocycles. The summed E-state index contributed by atoms with van der Waals surface area (Å²) in [5, 5.41) is 0.943. The molecule has 5 heteroatoms. The minimum Gasteiger partial charge on any atom is -0.319 e. The Kier molecular flexibility index (Phi) is 4.40. The number of benzene rings is 1. The van der Waals surface area contributed by atoms with Crippen LogP contribution in [0.4, 0.5) is 4.39 Å². The van der Waals surface area contributed by atoms with Crippen LogP contribution in [0.15, 0.2) is 47.9 Å². The van der Waals surface area contributed by atoms with E-state index < -0.39 is 0 Å². The summed E-state index contributed by atoms with van der Waals surface area (Å²) in [5.41, 5.74) is 2.81. The minimum atomic E-state index is -0.245. The molecule has 0 aliphatic heterocycles. The molecule has 0 unspecified atom stereocenters. The summed E-state index contributed by atoms with van der Waals surface area (Å²) >= 11 is 1.60. The van der Waals surface area contributed by atoms with Crippen LogP contribution < -0.4 is 0 Å². The summed E-state index contributed by atoms with van der Waals surface area (Å²) in [7, 11) is 0. The van der Waals surface area contributed by atoms with Crippen molar-refractivity contribution < 1.29 is 4.39 Å². The van der Waals surface area contributed by atoms with Gasteiger partial charge in [-0.15, -0.1) is 0 Å². The highest BCUT2D eigenvalue weighted by Crippen LogP contribution is 2.22. The van der Waals surface area contributed by atoms with Gasteiger partial charge in [0.2, 0.25) is 0 Å². The molecule has 2 aromatic heterocycles. The van der Waals surface area contributed by atoms with Crippen molar-refractivity contribution in [3.8, 4) is 11.8 Å². The number of aryl methyl sites for hydroxylation is 1. The maximum atomic E-state index is 12.8. The Morgan fingerprint density at radius 3 is 2.82 bits per heavy atom. The van der Waals surface area contributed by atoms with Crippen molar-refractivity contribution in [1.82, 2.24) is 14.5 Å². The molecule has 3 aromatic rings. The van der Waals surface area contributed by atoms with Crippen molar-refractivity contribution in [1.29, 1.82) is 0 Å². The molecular weight excluding hydrogens is 297 g/mol. The topological polar surface area (TPSA) is 30.7 Å². The second-order valence-corrected chi connectivity index (χ2v) is 5.54. The molecular formula is C17H14FN3S. The molecule has 0 saturated carbocycles. The number of aromatic nitrogens is 3. The largest absolute Gasteiger partial charge is 0.319 e. The van der Waals surface area contributed by atoms with Crippen LogP contribution in [0, 0.1) is 17.7 Å². The van der Waals surface area contributed by atoms with E-state index in [1.165, 1.54) is 12.1 Å². The Morgan fingerprint density at radius 1 is 1.23 bits per heavy atom. The Balaban J connectivity index is 1.73. The first-order valence-corrected chi connectivity index (χ1v) is 7.94. The predicted octanol–water partition coefficient (Wildman–Crippen LogP) is 3.73. The van der Waals surface area contributed by atoms with Crippen molar-refractivity contribution in [2.45, 2.75) is 18.6 Å². The molecule has 0 bridgehead atoms. The van der Waals surface area contributed by atoms with Gasteiger partial charge in [-0.25, -0.2) is 9.37 Å². The Bertz CT molecular complexity index is 844. The maximum absolute atomic E-state index is 12.8. The van der Waals surface area contributed by atoms with Crippen LogP contribution in [0.2, 0.25) is 0 Å². The zero-order valence-electron chi connectivity index (χ0n) is 12.1. The second kappa shape index (κ2) is 6.63. The molecule has 110 valence electrons. The first kappa shape index (κ1) is 14.6. The van der Waals surface area contributed by atoms with E-state index in [1.807, 2.05) is 6.07 Å². The molecule has 0 amide bonds. The van der Waals surface area contributed by atoms with Gasteiger partial charge in [0.15, 0.2) is 5.16 Å². The molecule has 2 heterocycles. The van der Waals surface area contributed by atoms with Crippen LogP contribution in [0.1, 0.15) is 12.5 Å². The smallest absolute Gasteiger partial charge is 0.170 e. The van der Waals surface area contributed by atoms with Gasteiger partial charge in [-0.05, 0) is 37.3 Å². The number of thioether (sulfide) groups is 1. The molecule has 0 atom stereocenters. The molecule has 0 aliphatic rings. The monoisotopic (exact) mass is 311 g/mol. The van der Waals surface area contributed by atoms with Crippen LogP contribution in [-0.4, -0.2) is 20.3 Å². The molecule has 0 aliphatic carbocycles. The number of hydrogen-bond donors (Lipinski definition) is 0. The molecule has 0 radical (unpaired) electrons. The van der Waals surface area contributed by atoms with E-state index >= 15 is 0 Å². The van der Waals surface area contributed by atoms with Gasteiger partial charge in [0.05, 0.1) is 17.5 Å². The minimum absolute atomic E-state index is 0.245. The fraction of sp³-hybridized carbons (Fsp3) is 0.176. The summed E-state index contributed by atoms with van der Waals surface area (Å²) in [6.45, 7) is 2.95. The van der Waals surface area contributed by atoms with Crippen molar-refractivity contribution in [2.24, 2.45) is 0 Å². The van der Waals surface area contributed by atoms with Crippen molar-refractivity contribution in [2.75, 3.05) is 5.75 Å². The van der Waals surface area contributed by atoms with Crippen molar-refractivity contribution in [3.63, 3.8) is 0 Å². The summed E-state index contributed by atoms with van der Waals surface area (Å²) in [6, 6.07) is 8.17. The first-order chi connectivity index (χ1) is 10.8. The van der Waals surface area contributed by atoms with Crippen LogP contribution in [0.25, 0.3) is 11.0 Å². The van der Waals surface area contributed by atoms with Crippen molar-refractivity contribution in [3.05, 3.63) is 54.1 Å². The number of nitrogens with zero attached hydrogens (tertiary/aromatic N) is 3. The second-order valence-electron chi connectivity index (χ2n) is 4.60. The fourth-order valence-corrected chi connectivity index (χ4v) is 2.97. The maximum Gasteiger partial charge on any atom is 0.170 e. The summed E-state index contributed by atoms with van der Waals surface area (Å²) < 4.78 is 15.0.